The summed E-state index contributed by atoms with van der Waals surface area (Å²) >= 11 is 0. The smallest absolute Gasteiger partial charge is 0.0822 e. The molecule has 0 amide bonds. The minimum Gasteiger partial charge on any atom is -0.371 e. The summed E-state index contributed by atoms with van der Waals surface area (Å²) < 4.78 is 5.98. The van der Waals surface area contributed by atoms with Crippen LogP contribution >= 0.6 is 0 Å². The molecule has 1 rings (SSSR count). The number of nitrogens with two attached hydrogens (primary N) is 1. The Labute approximate surface area is 81.0 Å². The monoisotopic (exact) mass is 186 g/mol. The summed E-state index contributed by atoms with van der Waals surface area (Å²) in [5.41, 5.74) is 5.63. The molecular formula is C10H22N2O. The molecule has 3 nitrogen and oxygen atoms in total. The normalized spacial score (nSPS) is 29.5. The second-order valence-corrected chi connectivity index (χ2v) is 4.17. The van der Waals surface area contributed by atoms with Crippen molar-refractivity contribution in [1.29, 1.82) is 0 Å². The standard InChI is InChI=1S/C10H22N2O/c1-9(2)13-10(5-6-11)4-3-7-12-8-10/h9,12H,3-8,11H2,1-2H3. The third-order valence-corrected chi connectivity index (χ3v) is 2.52. The van der Waals surface area contributed by atoms with Crippen LogP contribution in [-0.2, 0) is 4.74 Å². The van der Waals surface area contributed by atoms with E-state index in [1.165, 1.54) is 6.42 Å². The van der Waals surface area contributed by atoms with Crippen LogP contribution in [0.25, 0.3) is 0 Å². The van der Waals surface area contributed by atoms with Gasteiger partial charge in [-0.2, -0.15) is 0 Å². The maximum Gasteiger partial charge on any atom is 0.0822 e. The average Bonchev–Trinajstić information content (AvgIpc) is 2.04. The van der Waals surface area contributed by atoms with Gasteiger partial charge in [-0.1, -0.05) is 0 Å². The molecule has 1 heterocycles. The van der Waals surface area contributed by atoms with Gasteiger partial charge in [-0.05, 0) is 46.2 Å². The van der Waals surface area contributed by atoms with Gasteiger partial charge in [-0.25, -0.2) is 0 Å². The summed E-state index contributed by atoms with van der Waals surface area (Å²) in [6.45, 7) is 6.98. The first-order chi connectivity index (χ1) is 6.18. The highest BCUT2D eigenvalue weighted by atomic mass is 16.5. The van der Waals surface area contributed by atoms with Gasteiger partial charge in [0.1, 0.15) is 0 Å². The van der Waals surface area contributed by atoms with Crippen LogP contribution < -0.4 is 11.1 Å². The molecule has 3 heteroatoms. The Morgan fingerprint density at radius 1 is 1.54 bits per heavy atom. The van der Waals surface area contributed by atoms with E-state index in [9.17, 15) is 0 Å². The van der Waals surface area contributed by atoms with Crippen molar-refractivity contribution in [2.75, 3.05) is 19.6 Å². The molecule has 3 N–H and O–H groups in total. The lowest BCUT2D eigenvalue weighted by atomic mass is 9.90. The van der Waals surface area contributed by atoms with E-state index in [0.717, 1.165) is 25.9 Å². The molecule has 0 bridgehead atoms. The van der Waals surface area contributed by atoms with E-state index in [-0.39, 0.29) is 5.60 Å². The first-order valence-electron chi connectivity index (χ1n) is 5.27. The zero-order valence-corrected chi connectivity index (χ0v) is 8.81. The number of piperidine rings is 1. The van der Waals surface area contributed by atoms with Gasteiger partial charge >= 0.3 is 0 Å². The fourth-order valence-corrected chi connectivity index (χ4v) is 2.08. The van der Waals surface area contributed by atoms with Crippen LogP contribution in [0.4, 0.5) is 0 Å². The van der Waals surface area contributed by atoms with Crippen molar-refractivity contribution >= 4 is 0 Å². The highest BCUT2D eigenvalue weighted by Crippen LogP contribution is 2.25. The lowest BCUT2D eigenvalue weighted by Gasteiger charge is -2.39. The number of rotatable bonds is 4. The van der Waals surface area contributed by atoms with Crippen LogP contribution in [0.2, 0.25) is 0 Å². The van der Waals surface area contributed by atoms with E-state index in [1.807, 2.05) is 0 Å². The highest BCUT2D eigenvalue weighted by molar-refractivity contribution is 4.88. The Morgan fingerprint density at radius 3 is 2.77 bits per heavy atom. The topological polar surface area (TPSA) is 47.3 Å². The maximum absolute atomic E-state index is 5.98. The summed E-state index contributed by atoms with van der Waals surface area (Å²) in [7, 11) is 0. The average molecular weight is 186 g/mol. The first-order valence-corrected chi connectivity index (χ1v) is 5.27. The van der Waals surface area contributed by atoms with Crippen LogP contribution in [0.1, 0.15) is 33.1 Å². The molecule has 1 aliphatic rings. The summed E-state index contributed by atoms with van der Waals surface area (Å²) in [6.07, 6.45) is 3.62. The summed E-state index contributed by atoms with van der Waals surface area (Å²) in [4.78, 5) is 0. The van der Waals surface area contributed by atoms with E-state index in [1.54, 1.807) is 0 Å². The van der Waals surface area contributed by atoms with E-state index in [2.05, 4.69) is 19.2 Å². The third kappa shape index (κ3) is 3.25. The second-order valence-electron chi connectivity index (χ2n) is 4.17. The van der Waals surface area contributed by atoms with Crippen molar-refractivity contribution in [1.82, 2.24) is 5.32 Å². The van der Waals surface area contributed by atoms with Crippen molar-refractivity contribution in [3.8, 4) is 0 Å². The number of hydrogen-bond donors (Lipinski definition) is 2. The van der Waals surface area contributed by atoms with Gasteiger partial charge in [0.2, 0.25) is 0 Å². The molecule has 0 saturated carbocycles. The molecular weight excluding hydrogens is 164 g/mol. The molecule has 1 atom stereocenters. The first kappa shape index (κ1) is 11.0. The molecule has 0 aliphatic carbocycles. The Hall–Kier alpha value is -0.120. The molecule has 0 aromatic heterocycles. The Balaban J connectivity index is 2.50. The van der Waals surface area contributed by atoms with Crippen molar-refractivity contribution < 1.29 is 4.74 Å². The molecule has 0 radical (unpaired) electrons. The van der Waals surface area contributed by atoms with Crippen LogP contribution in [-0.4, -0.2) is 31.3 Å². The lowest BCUT2D eigenvalue weighted by molar-refractivity contribution is -0.0955. The Kier molecular flexibility index (Phi) is 4.16. The molecule has 1 aliphatic heterocycles. The summed E-state index contributed by atoms with van der Waals surface area (Å²) in [5.74, 6) is 0. The van der Waals surface area contributed by atoms with Gasteiger partial charge in [0.05, 0.1) is 11.7 Å². The van der Waals surface area contributed by atoms with Crippen molar-refractivity contribution in [3.05, 3.63) is 0 Å². The Morgan fingerprint density at radius 2 is 2.31 bits per heavy atom. The number of nitrogens with one attached hydrogen (secondary N) is 1. The molecule has 0 aromatic rings. The van der Waals surface area contributed by atoms with Gasteiger partial charge in [-0.15, -0.1) is 0 Å². The lowest BCUT2D eigenvalue weighted by Crippen LogP contribution is -2.50. The number of ether oxygens (including phenoxy) is 1. The van der Waals surface area contributed by atoms with Crippen molar-refractivity contribution in [2.45, 2.75) is 44.8 Å². The molecule has 1 fully saturated rings. The zero-order chi connectivity index (χ0) is 9.73. The second kappa shape index (κ2) is 4.94. The molecule has 13 heavy (non-hydrogen) atoms. The molecule has 0 spiro atoms. The molecule has 1 saturated heterocycles. The molecule has 1 unspecified atom stereocenters. The van der Waals surface area contributed by atoms with E-state index in [4.69, 9.17) is 10.5 Å². The van der Waals surface area contributed by atoms with Crippen LogP contribution in [0.5, 0.6) is 0 Å². The van der Waals surface area contributed by atoms with E-state index in [0.29, 0.717) is 12.6 Å². The maximum atomic E-state index is 5.98. The van der Waals surface area contributed by atoms with Crippen LogP contribution in [0.3, 0.4) is 0 Å². The van der Waals surface area contributed by atoms with Crippen molar-refractivity contribution in [3.63, 3.8) is 0 Å². The van der Waals surface area contributed by atoms with Gasteiger partial charge in [0.15, 0.2) is 0 Å². The quantitative estimate of drug-likeness (QED) is 0.685. The van der Waals surface area contributed by atoms with Gasteiger partial charge < -0.3 is 15.8 Å². The fraction of sp³-hybridized carbons (Fsp3) is 1.00. The number of hydrogen-bond acceptors (Lipinski definition) is 3. The van der Waals surface area contributed by atoms with Crippen molar-refractivity contribution in [2.24, 2.45) is 5.73 Å². The highest BCUT2D eigenvalue weighted by Gasteiger charge is 2.32. The largest absolute Gasteiger partial charge is 0.371 e. The van der Waals surface area contributed by atoms with Crippen LogP contribution in [0.15, 0.2) is 0 Å². The minimum absolute atomic E-state index is 0.0150. The third-order valence-electron chi connectivity index (χ3n) is 2.52. The summed E-state index contributed by atoms with van der Waals surface area (Å²) in [5, 5.41) is 3.39. The molecule has 0 aromatic carbocycles. The van der Waals surface area contributed by atoms with Gasteiger partial charge in [-0.3, -0.25) is 0 Å². The van der Waals surface area contributed by atoms with Crippen LogP contribution in [0, 0.1) is 0 Å². The van der Waals surface area contributed by atoms with Gasteiger partial charge in [0.25, 0.3) is 0 Å². The summed E-state index contributed by atoms with van der Waals surface area (Å²) in [6, 6.07) is 0. The molecule has 78 valence electrons. The van der Waals surface area contributed by atoms with E-state index >= 15 is 0 Å². The SMILES string of the molecule is CC(C)OC1(CCN)CCCNC1. The predicted octanol–water partition coefficient (Wildman–Crippen LogP) is 0.882. The fourth-order valence-electron chi connectivity index (χ4n) is 2.08. The Bertz CT molecular complexity index is 136. The zero-order valence-electron chi connectivity index (χ0n) is 8.81. The van der Waals surface area contributed by atoms with E-state index < -0.39 is 0 Å². The predicted molar refractivity (Wildman–Crippen MR) is 54.7 cm³/mol. The van der Waals surface area contributed by atoms with Gasteiger partial charge in [0, 0.05) is 6.54 Å². The minimum atomic E-state index is 0.0150.